The summed E-state index contributed by atoms with van der Waals surface area (Å²) in [7, 11) is 0. The van der Waals surface area contributed by atoms with Crippen molar-refractivity contribution in [3.8, 4) is 5.75 Å². The molecule has 134 valence electrons. The van der Waals surface area contributed by atoms with Gasteiger partial charge < -0.3 is 10.4 Å². The van der Waals surface area contributed by atoms with Crippen LogP contribution in [0.2, 0.25) is 10.0 Å². The molecule has 0 spiro atoms. The molecule has 27 heavy (non-hydrogen) atoms. The van der Waals surface area contributed by atoms with Crippen LogP contribution in [-0.4, -0.2) is 15.1 Å². The van der Waals surface area contributed by atoms with Gasteiger partial charge in [-0.2, -0.15) is 0 Å². The smallest absolute Gasteiger partial charge is 0.147 e. The topological polar surface area (TPSA) is 58.0 Å². The molecule has 4 nitrogen and oxygen atoms in total. The van der Waals surface area contributed by atoms with Gasteiger partial charge in [0.2, 0.25) is 0 Å². The lowest BCUT2D eigenvalue weighted by Gasteiger charge is -2.23. The van der Waals surface area contributed by atoms with E-state index in [1.54, 1.807) is 30.6 Å². The molecule has 6 heteroatoms. The van der Waals surface area contributed by atoms with E-state index in [1.165, 1.54) is 0 Å². The maximum Gasteiger partial charge on any atom is 0.147 e. The molecule has 1 atom stereocenters. The van der Waals surface area contributed by atoms with Crippen molar-refractivity contribution in [1.82, 2.24) is 9.97 Å². The van der Waals surface area contributed by atoms with Crippen molar-refractivity contribution >= 4 is 39.9 Å². The van der Waals surface area contributed by atoms with Gasteiger partial charge >= 0.3 is 0 Å². The predicted molar refractivity (Wildman–Crippen MR) is 110 cm³/mol. The number of pyridine rings is 2. The fourth-order valence-electron chi connectivity index (χ4n) is 3.07. The Labute approximate surface area is 166 Å². The number of phenols is 1. The van der Waals surface area contributed by atoms with E-state index in [0.717, 1.165) is 5.39 Å². The van der Waals surface area contributed by atoms with Crippen LogP contribution in [0, 0.1) is 0 Å². The number of halogens is 2. The Morgan fingerprint density at radius 1 is 0.815 bits per heavy atom. The van der Waals surface area contributed by atoms with Crippen molar-refractivity contribution in [2.45, 2.75) is 6.04 Å². The molecule has 0 aliphatic rings. The van der Waals surface area contributed by atoms with Gasteiger partial charge in [0, 0.05) is 39.0 Å². The summed E-state index contributed by atoms with van der Waals surface area (Å²) in [5, 5.41) is 16.1. The number of aromatic nitrogens is 2. The minimum atomic E-state index is -0.507. The highest BCUT2D eigenvalue weighted by molar-refractivity contribution is 6.36. The maximum absolute atomic E-state index is 10.9. The van der Waals surface area contributed by atoms with E-state index >= 15 is 0 Å². The van der Waals surface area contributed by atoms with E-state index in [1.807, 2.05) is 42.5 Å². The Kier molecular flexibility index (Phi) is 4.84. The van der Waals surface area contributed by atoms with Gasteiger partial charge in [0.25, 0.3) is 0 Å². The number of hydrogen-bond acceptors (Lipinski definition) is 4. The van der Waals surface area contributed by atoms with E-state index in [4.69, 9.17) is 23.2 Å². The Hall–Kier alpha value is -2.82. The third-order valence-corrected chi connectivity index (χ3v) is 4.99. The van der Waals surface area contributed by atoms with Crippen LogP contribution in [0.5, 0.6) is 5.75 Å². The number of aromatic hydroxyl groups is 1. The van der Waals surface area contributed by atoms with E-state index in [9.17, 15) is 5.11 Å². The average Bonchev–Trinajstić information content (AvgIpc) is 2.68. The molecule has 4 aromatic rings. The van der Waals surface area contributed by atoms with Gasteiger partial charge in [0.05, 0.1) is 6.04 Å². The largest absolute Gasteiger partial charge is 0.505 e. The van der Waals surface area contributed by atoms with Gasteiger partial charge in [0.1, 0.15) is 17.1 Å². The quantitative estimate of drug-likeness (QED) is 0.455. The second kappa shape index (κ2) is 7.43. The Morgan fingerprint density at radius 2 is 1.59 bits per heavy atom. The molecule has 2 N–H and O–H groups in total. The number of fused-ring (bicyclic) bond motifs is 1. The fraction of sp³-hybridized carbons (Fsp3) is 0.0476. The third-order valence-electron chi connectivity index (χ3n) is 4.34. The first kappa shape index (κ1) is 17.6. The maximum atomic E-state index is 10.9. The molecule has 2 heterocycles. The van der Waals surface area contributed by atoms with Crippen molar-refractivity contribution < 1.29 is 5.11 Å². The van der Waals surface area contributed by atoms with Crippen LogP contribution in [0.25, 0.3) is 10.9 Å². The second-order valence-electron chi connectivity index (χ2n) is 6.01. The summed E-state index contributed by atoms with van der Waals surface area (Å²) in [6.45, 7) is 0. The number of benzene rings is 2. The molecule has 2 aromatic heterocycles. The van der Waals surface area contributed by atoms with Crippen LogP contribution in [0.3, 0.4) is 0 Å². The molecular weight excluding hydrogens is 381 g/mol. The number of rotatable bonds is 4. The Bertz CT molecular complexity index is 1080. The van der Waals surface area contributed by atoms with Crippen molar-refractivity contribution in [1.29, 1.82) is 0 Å². The third kappa shape index (κ3) is 3.42. The minimum absolute atomic E-state index is 0.0810. The van der Waals surface area contributed by atoms with Crippen molar-refractivity contribution in [3.05, 3.63) is 94.2 Å². The van der Waals surface area contributed by atoms with Crippen LogP contribution < -0.4 is 5.32 Å². The summed E-state index contributed by atoms with van der Waals surface area (Å²) in [6.07, 6.45) is 3.34. The van der Waals surface area contributed by atoms with E-state index in [0.29, 0.717) is 32.5 Å². The molecule has 0 bridgehead atoms. The van der Waals surface area contributed by atoms with Gasteiger partial charge in [-0.1, -0.05) is 53.5 Å². The molecule has 4 rings (SSSR count). The van der Waals surface area contributed by atoms with Gasteiger partial charge in [-0.25, -0.2) is 4.98 Å². The highest BCUT2D eigenvalue weighted by Gasteiger charge is 2.24. The lowest BCUT2D eigenvalue weighted by molar-refractivity contribution is 0.471. The number of phenolic OH excluding ortho intramolecular Hbond substituents is 1. The van der Waals surface area contributed by atoms with E-state index in [2.05, 4.69) is 15.3 Å². The summed E-state index contributed by atoms with van der Waals surface area (Å²) in [6, 6.07) is 17.9. The predicted octanol–water partition coefficient (Wildman–Crippen LogP) is 5.84. The molecule has 0 radical (unpaired) electrons. The zero-order chi connectivity index (χ0) is 18.8. The van der Waals surface area contributed by atoms with E-state index in [-0.39, 0.29) is 5.75 Å². The fourth-order valence-corrected chi connectivity index (χ4v) is 3.68. The normalized spacial score (nSPS) is 12.1. The van der Waals surface area contributed by atoms with Gasteiger partial charge in [-0.05, 0) is 30.3 Å². The molecule has 0 aliphatic carbocycles. The summed E-state index contributed by atoms with van der Waals surface area (Å²) < 4.78 is 0. The standard InChI is InChI=1S/C21H15Cl2N3O/c22-15-6-3-7-16(23)18(15)20(26-17-8-1-2-11-24-17)14-10-9-13-5-4-12-25-19(13)21(14)27/h1-12,20,27H,(H,24,26)/t20-/m1/s1. The number of nitrogens with one attached hydrogen (secondary N) is 1. The zero-order valence-electron chi connectivity index (χ0n) is 14.1. The number of nitrogens with zero attached hydrogens (tertiary/aromatic N) is 2. The van der Waals surface area contributed by atoms with Gasteiger partial charge in [0.15, 0.2) is 0 Å². The molecule has 0 saturated carbocycles. The van der Waals surface area contributed by atoms with Gasteiger partial charge in [-0.3, -0.25) is 4.98 Å². The molecular formula is C21H15Cl2N3O. The van der Waals surface area contributed by atoms with Crippen LogP contribution in [0.4, 0.5) is 5.82 Å². The first-order valence-corrected chi connectivity index (χ1v) is 9.09. The van der Waals surface area contributed by atoms with Gasteiger partial charge in [-0.15, -0.1) is 0 Å². The lowest BCUT2D eigenvalue weighted by Crippen LogP contribution is -2.14. The van der Waals surface area contributed by atoms with Crippen molar-refractivity contribution in [3.63, 3.8) is 0 Å². The summed E-state index contributed by atoms with van der Waals surface area (Å²) in [4.78, 5) is 8.64. The molecule has 0 unspecified atom stereocenters. The lowest BCUT2D eigenvalue weighted by atomic mass is 9.96. The first-order valence-electron chi connectivity index (χ1n) is 8.33. The van der Waals surface area contributed by atoms with Crippen molar-refractivity contribution in [2.75, 3.05) is 5.32 Å². The summed E-state index contributed by atoms with van der Waals surface area (Å²) in [5.74, 6) is 0.719. The first-order chi connectivity index (χ1) is 13.1. The highest BCUT2D eigenvalue weighted by Crippen LogP contribution is 2.41. The monoisotopic (exact) mass is 395 g/mol. The Morgan fingerprint density at radius 3 is 2.33 bits per heavy atom. The second-order valence-corrected chi connectivity index (χ2v) is 6.82. The molecule has 2 aromatic carbocycles. The average molecular weight is 396 g/mol. The summed E-state index contributed by atoms with van der Waals surface area (Å²) >= 11 is 12.9. The number of anilines is 1. The molecule has 0 fully saturated rings. The van der Waals surface area contributed by atoms with E-state index < -0.39 is 6.04 Å². The van der Waals surface area contributed by atoms with Crippen LogP contribution in [0.15, 0.2) is 73.1 Å². The Balaban J connectivity index is 1.92. The minimum Gasteiger partial charge on any atom is -0.505 e. The van der Waals surface area contributed by atoms with Crippen LogP contribution in [0.1, 0.15) is 17.2 Å². The molecule has 0 saturated heterocycles. The molecule has 0 amide bonds. The van der Waals surface area contributed by atoms with Crippen LogP contribution in [-0.2, 0) is 0 Å². The number of hydrogen-bond donors (Lipinski definition) is 2. The van der Waals surface area contributed by atoms with Crippen molar-refractivity contribution in [2.24, 2.45) is 0 Å². The van der Waals surface area contributed by atoms with Crippen LogP contribution >= 0.6 is 23.2 Å². The SMILES string of the molecule is Oc1c([C@@H](Nc2ccccn2)c2c(Cl)cccc2Cl)ccc2cccnc12. The highest BCUT2D eigenvalue weighted by atomic mass is 35.5. The summed E-state index contributed by atoms with van der Waals surface area (Å²) in [5.41, 5.74) is 1.80. The molecule has 0 aliphatic heterocycles. The zero-order valence-corrected chi connectivity index (χ0v) is 15.6.